The molecule has 1 aliphatic rings. The van der Waals surface area contributed by atoms with Crippen molar-refractivity contribution in [2.45, 2.75) is 18.9 Å². The largest absolute Gasteiger partial charge is 0.490 e. The van der Waals surface area contributed by atoms with Crippen LogP contribution in [0.25, 0.3) is 0 Å². The Kier molecular flexibility index (Phi) is 3.45. The Morgan fingerprint density at radius 3 is 2.45 bits per heavy atom. The van der Waals surface area contributed by atoms with E-state index in [1.165, 1.54) is 18.2 Å². The lowest BCUT2D eigenvalue weighted by molar-refractivity contribution is 0.103. The molecule has 0 atom stereocenters. The highest BCUT2D eigenvalue weighted by Crippen LogP contribution is 2.28. The Bertz CT molecular complexity index is 628. The van der Waals surface area contributed by atoms with E-state index in [0.717, 1.165) is 18.6 Å². The summed E-state index contributed by atoms with van der Waals surface area (Å²) in [4.78, 5) is 12.3. The van der Waals surface area contributed by atoms with Crippen molar-refractivity contribution in [3.05, 3.63) is 64.4 Å². The third kappa shape index (κ3) is 2.68. The zero-order chi connectivity index (χ0) is 14.1. The van der Waals surface area contributed by atoms with E-state index in [9.17, 15) is 9.18 Å². The number of ketones is 1. The average Bonchev–Trinajstić information content (AvgIpc) is 3.23. The van der Waals surface area contributed by atoms with E-state index in [1.54, 1.807) is 24.3 Å². The fourth-order valence-corrected chi connectivity index (χ4v) is 2.17. The van der Waals surface area contributed by atoms with E-state index in [-0.39, 0.29) is 10.6 Å². The molecule has 1 fully saturated rings. The van der Waals surface area contributed by atoms with Gasteiger partial charge in [-0.2, -0.15) is 0 Å². The van der Waals surface area contributed by atoms with E-state index in [0.29, 0.717) is 11.7 Å². The maximum Gasteiger partial charge on any atom is 0.197 e. The summed E-state index contributed by atoms with van der Waals surface area (Å²) in [6.45, 7) is 0. The van der Waals surface area contributed by atoms with Crippen LogP contribution < -0.4 is 4.74 Å². The fraction of sp³-hybridized carbons (Fsp3) is 0.188. The summed E-state index contributed by atoms with van der Waals surface area (Å²) in [5.41, 5.74) is 0.296. The van der Waals surface area contributed by atoms with Crippen molar-refractivity contribution in [2.75, 3.05) is 0 Å². The third-order valence-corrected chi connectivity index (χ3v) is 3.45. The molecule has 0 spiro atoms. The topological polar surface area (TPSA) is 26.3 Å². The maximum absolute atomic E-state index is 13.7. The zero-order valence-corrected chi connectivity index (χ0v) is 11.4. The second-order valence-corrected chi connectivity index (χ2v) is 5.17. The van der Waals surface area contributed by atoms with Gasteiger partial charge in [-0.3, -0.25) is 4.79 Å². The van der Waals surface area contributed by atoms with Crippen LogP contribution >= 0.6 is 11.6 Å². The molecule has 0 N–H and O–H groups in total. The first-order valence-electron chi connectivity index (χ1n) is 6.40. The summed E-state index contributed by atoms with van der Waals surface area (Å²) < 4.78 is 19.3. The third-order valence-electron chi connectivity index (χ3n) is 3.13. The predicted octanol–water partition coefficient (Wildman–Crippen LogP) is 4.25. The number of halogens is 2. The van der Waals surface area contributed by atoms with Gasteiger partial charge in [-0.05, 0) is 49.2 Å². The minimum Gasteiger partial charge on any atom is -0.490 e. The Hall–Kier alpha value is -1.87. The molecule has 0 unspecified atom stereocenters. The maximum atomic E-state index is 13.7. The van der Waals surface area contributed by atoms with Gasteiger partial charge in [0.05, 0.1) is 16.7 Å². The van der Waals surface area contributed by atoms with Crippen LogP contribution in [-0.2, 0) is 0 Å². The van der Waals surface area contributed by atoms with Crippen molar-refractivity contribution >= 4 is 17.4 Å². The van der Waals surface area contributed by atoms with Crippen LogP contribution in [-0.4, -0.2) is 11.9 Å². The summed E-state index contributed by atoms with van der Waals surface area (Å²) in [6.07, 6.45) is 2.45. The molecular formula is C16H12ClFO2. The lowest BCUT2D eigenvalue weighted by atomic mass is 10.0. The van der Waals surface area contributed by atoms with Crippen LogP contribution in [0.3, 0.4) is 0 Å². The highest BCUT2D eigenvalue weighted by Gasteiger charge is 2.23. The van der Waals surface area contributed by atoms with Gasteiger partial charge in [0.2, 0.25) is 0 Å². The molecule has 2 aromatic carbocycles. The molecule has 0 aliphatic heterocycles. The molecule has 0 bridgehead atoms. The van der Waals surface area contributed by atoms with E-state index >= 15 is 0 Å². The van der Waals surface area contributed by atoms with E-state index in [4.69, 9.17) is 16.3 Å². The number of carbonyl (C=O) groups excluding carboxylic acids is 1. The Morgan fingerprint density at radius 2 is 1.85 bits per heavy atom. The molecule has 20 heavy (non-hydrogen) atoms. The molecule has 0 radical (unpaired) electrons. The van der Waals surface area contributed by atoms with Crippen LogP contribution in [0.1, 0.15) is 28.8 Å². The minimum atomic E-state index is -0.610. The molecule has 102 valence electrons. The van der Waals surface area contributed by atoms with Crippen molar-refractivity contribution in [1.82, 2.24) is 0 Å². The van der Waals surface area contributed by atoms with Crippen LogP contribution in [0, 0.1) is 5.82 Å². The first-order chi connectivity index (χ1) is 9.65. The SMILES string of the molecule is O=C(c1ccc(OC2CC2)cc1)c1c(F)cccc1Cl. The number of ether oxygens (including phenoxy) is 1. The average molecular weight is 291 g/mol. The van der Waals surface area contributed by atoms with Gasteiger partial charge < -0.3 is 4.74 Å². The lowest BCUT2D eigenvalue weighted by Crippen LogP contribution is -2.05. The number of hydrogen-bond acceptors (Lipinski definition) is 2. The first kappa shape index (κ1) is 13.1. The number of hydrogen-bond donors (Lipinski definition) is 0. The van der Waals surface area contributed by atoms with Crippen LogP contribution in [0.15, 0.2) is 42.5 Å². The number of carbonyl (C=O) groups is 1. The smallest absolute Gasteiger partial charge is 0.197 e. The Balaban J connectivity index is 1.86. The Labute approximate surface area is 121 Å². The molecule has 0 saturated heterocycles. The van der Waals surface area contributed by atoms with E-state index in [1.807, 2.05) is 0 Å². The van der Waals surface area contributed by atoms with Crippen molar-refractivity contribution < 1.29 is 13.9 Å². The molecule has 0 heterocycles. The molecule has 0 aromatic heterocycles. The Morgan fingerprint density at radius 1 is 1.15 bits per heavy atom. The molecular weight excluding hydrogens is 279 g/mol. The monoisotopic (exact) mass is 290 g/mol. The van der Waals surface area contributed by atoms with E-state index < -0.39 is 11.6 Å². The highest BCUT2D eigenvalue weighted by atomic mass is 35.5. The van der Waals surface area contributed by atoms with Crippen molar-refractivity contribution in [3.8, 4) is 5.75 Å². The van der Waals surface area contributed by atoms with Crippen molar-refractivity contribution in [2.24, 2.45) is 0 Å². The molecule has 1 aliphatic carbocycles. The summed E-state index contributed by atoms with van der Waals surface area (Å²) in [5, 5.41) is 0.119. The summed E-state index contributed by atoms with van der Waals surface area (Å²) in [6, 6.07) is 10.9. The van der Waals surface area contributed by atoms with Gasteiger partial charge in [0, 0.05) is 5.56 Å². The van der Waals surface area contributed by atoms with Crippen LogP contribution in [0.2, 0.25) is 5.02 Å². The van der Waals surface area contributed by atoms with Gasteiger partial charge in [-0.15, -0.1) is 0 Å². The highest BCUT2D eigenvalue weighted by molar-refractivity contribution is 6.35. The predicted molar refractivity (Wildman–Crippen MR) is 74.9 cm³/mol. The molecule has 2 aromatic rings. The van der Waals surface area contributed by atoms with Gasteiger partial charge in [0.1, 0.15) is 11.6 Å². The second-order valence-electron chi connectivity index (χ2n) is 4.77. The number of rotatable bonds is 4. The molecule has 1 saturated carbocycles. The minimum absolute atomic E-state index is 0.0926. The van der Waals surface area contributed by atoms with Crippen LogP contribution in [0.5, 0.6) is 5.75 Å². The summed E-state index contributed by atoms with van der Waals surface area (Å²) in [5.74, 6) is -0.310. The fourth-order valence-electron chi connectivity index (χ4n) is 1.92. The quantitative estimate of drug-likeness (QED) is 0.787. The summed E-state index contributed by atoms with van der Waals surface area (Å²) >= 11 is 5.90. The molecule has 0 amide bonds. The molecule has 4 heteroatoms. The van der Waals surface area contributed by atoms with Gasteiger partial charge >= 0.3 is 0 Å². The standard InChI is InChI=1S/C16H12ClFO2/c17-13-2-1-3-14(18)15(13)16(19)10-4-6-11(7-5-10)20-12-8-9-12/h1-7,12H,8-9H2. The van der Waals surface area contributed by atoms with Crippen molar-refractivity contribution in [3.63, 3.8) is 0 Å². The van der Waals surface area contributed by atoms with Gasteiger partial charge in [-0.1, -0.05) is 17.7 Å². The lowest BCUT2D eigenvalue weighted by Gasteiger charge is -2.07. The molecule has 2 nitrogen and oxygen atoms in total. The zero-order valence-electron chi connectivity index (χ0n) is 10.6. The van der Waals surface area contributed by atoms with Gasteiger partial charge in [-0.25, -0.2) is 4.39 Å². The van der Waals surface area contributed by atoms with E-state index in [2.05, 4.69) is 0 Å². The van der Waals surface area contributed by atoms with Gasteiger partial charge in [0.15, 0.2) is 5.78 Å². The van der Waals surface area contributed by atoms with Crippen LogP contribution in [0.4, 0.5) is 4.39 Å². The number of benzene rings is 2. The normalized spacial score (nSPS) is 14.1. The second kappa shape index (κ2) is 5.25. The first-order valence-corrected chi connectivity index (χ1v) is 6.78. The van der Waals surface area contributed by atoms with Crippen molar-refractivity contribution in [1.29, 1.82) is 0 Å². The molecule has 3 rings (SSSR count). The van der Waals surface area contributed by atoms with Gasteiger partial charge in [0.25, 0.3) is 0 Å². The summed E-state index contributed by atoms with van der Waals surface area (Å²) in [7, 11) is 0.